The first-order valence-electron chi connectivity index (χ1n) is 9.70. The van der Waals surface area contributed by atoms with E-state index in [9.17, 15) is 13.2 Å². The van der Waals surface area contributed by atoms with Crippen LogP contribution in [0.25, 0.3) is 0 Å². The van der Waals surface area contributed by atoms with Crippen molar-refractivity contribution in [3.05, 3.63) is 29.3 Å². The van der Waals surface area contributed by atoms with Crippen molar-refractivity contribution in [2.24, 2.45) is 0 Å². The van der Waals surface area contributed by atoms with E-state index in [2.05, 4.69) is 5.32 Å². The number of anilines is 1. The van der Waals surface area contributed by atoms with E-state index in [0.29, 0.717) is 23.9 Å². The molecule has 1 aromatic rings. The van der Waals surface area contributed by atoms with E-state index in [0.717, 1.165) is 16.9 Å². The second-order valence-electron chi connectivity index (χ2n) is 7.34. The fourth-order valence-corrected chi connectivity index (χ4v) is 6.05. The summed E-state index contributed by atoms with van der Waals surface area (Å²) >= 11 is 1.91. The Bertz CT molecular complexity index is 744. The number of thioether (sulfide) groups is 1. The second-order valence-corrected chi connectivity index (χ2v) is 10.6. The van der Waals surface area contributed by atoms with Crippen LogP contribution in [0, 0.1) is 13.8 Å². The molecule has 1 N–H and O–H groups in total. The molecular formula is C20H32N2O3S2. The highest BCUT2D eigenvalue weighted by atomic mass is 32.2. The molecule has 1 aliphatic carbocycles. The summed E-state index contributed by atoms with van der Waals surface area (Å²) in [5, 5.41) is 3.66. The number of nitrogens with one attached hydrogen (secondary N) is 1. The highest BCUT2D eigenvalue weighted by Gasteiger charge is 2.32. The molecule has 0 aliphatic heterocycles. The number of rotatable bonds is 9. The van der Waals surface area contributed by atoms with Gasteiger partial charge >= 0.3 is 0 Å². The van der Waals surface area contributed by atoms with E-state index in [1.165, 1.54) is 36.2 Å². The van der Waals surface area contributed by atoms with Gasteiger partial charge in [-0.1, -0.05) is 31.9 Å². The fourth-order valence-electron chi connectivity index (χ4n) is 3.56. The first kappa shape index (κ1) is 22.1. The highest BCUT2D eigenvalue weighted by molar-refractivity contribution is 7.99. The lowest BCUT2D eigenvalue weighted by Gasteiger charge is -2.31. The number of sulfonamides is 1. The molecule has 0 saturated heterocycles. The standard InChI is InChI=1S/C20H32N2O3S2/c1-5-18(20(23)21-12-13-26-17-8-6-7-9-17)22(27(4,24)25)19-14-15(2)10-11-16(19)3/h10-11,14,17-18H,5-9,12-13H2,1-4H3,(H,21,23)/t18-/m1/s1. The maximum atomic E-state index is 12.8. The van der Waals surface area contributed by atoms with Crippen molar-refractivity contribution in [3.63, 3.8) is 0 Å². The molecule has 0 heterocycles. The fraction of sp³-hybridized carbons (Fsp3) is 0.650. The first-order chi connectivity index (χ1) is 12.7. The van der Waals surface area contributed by atoms with Crippen molar-refractivity contribution >= 4 is 33.4 Å². The molecule has 0 unspecified atom stereocenters. The van der Waals surface area contributed by atoms with Crippen LogP contribution in [0.5, 0.6) is 0 Å². The molecule has 2 rings (SSSR count). The molecular weight excluding hydrogens is 380 g/mol. The minimum atomic E-state index is -3.59. The predicted molar refractivity (Wildman–Crippen MR) is 115 cm³/mol. The molecule has 0 aromatic heterocycles. The van der Waals surface area contributed by atoms with Crippen LogP contribution in [-0.2, 0) is 14.8 Å². The van der Waals surface area contributed by atoms with Crippen LogP contribution in [-0.4, -0.2) is 44.2 Å². The van der Waals surface area contributed by atoms with Gasteiger partial charge in [0.15, 0.2) is 0 Å². The Morgan fingerprint density at radius 2 is 1.96 bits per heavy atom. The predicted octanol–water partition coefficient (Wildman–Crippen LogP) is 3.64. The van der Waals surface area contributed by atoms with Gasteiger partial charge in [-0.05, 0) is 50.3 Å². The van der Waals surface area contributed by atoms with E-state index >= 15 is 0 Å². The number of hydrogen-bond acceptors (Lipinski definition) is 4. The van der Waals surface area contributed by atoms with Gasteiger partial charge in [0.1, 0.15) is 6.04 Å². The lowest BCUT2D eigenvalue weighted by Crippen LogP contribution is -2.50. The largest absolute Gasteiger partial charge is 0.353 e. The number of hydrogen-bond donors (Lipinski definition) is 1. The van der Waals surface area contributed by atoms with Gasteiger partial charge in [0.2, 0.25) is 15.9 Å². The van der Waals surface area contributed by atoms with E-state index in [1.807, 2.05) is 50.7 Å². The monoisotopic (exact) mass is 412 g/mol. The Morgan fingerprint density at radius 1 is 1.30 bits per heavy atom. The number of carbonyl (C=O) groups excluding carboxylic acids is 1. The van der Waals surface area contributed by atoms with Crippen LogP contribution in [0.1, 0.15) is 50.2 Å². The van der Waals surface area contributed by atoms with Crippen LogP contribution >= 0.6 is 11.8 Å². The third-order valence-corrected chi connectivity index (χ3v) is 7.54. The van der Waals surface area contributed by atoms with Crippen LogP contribution in [0.4, 0.5) is 5.69 Å². The molecule has 1 atom stereocenters. The Labute approximate surface area is 168 Å². The Morgan fingerprint density at radius 3 is 2.56 bits per heavy atom. The zero-order valence-corrected chi connectivity index (χ0v) is 18.5. The highest BCUT2D eigenvalue weighted by Crippen LogP contribution is 2.29. The normalized spacial score (nSPS) is 16.3. The van der Waals surface area contributed by atoms with Gasteiger partial charge in [-0.25, -0.2) is 8.42 Å². The second kappa shape index (κ2) is 9.82. The van der Waals surface area contributed by atoms with Gasteiger partial charge in [-0.3, -0.25) is 9.10 Å². The Hall–Kier alpha value is -1.21. The van der Waals surface area contributed by atoms with Gasteiger partial charge in [0.05, 0.1) is 11.9 Å². The van der Waals surface area contributed by atoms with E-state index < -0.39 is 16.1 Å². The number of aryl methyl sites for hydroxylation is 2. The van der Waals surface area contributed by atoms with E-state index in [-0.39, 0.29) is 5.91 Å². The number of carbonyl (C=O) groups is 1. The molecule has 7 heteroatoms. The smallest absolute Gasteiger partial charge is 0.243 e. The lowest BCUT2D eigenvalue weighted by molar-refractivity contribution is -0.122. The van der Waals surface area contributed by atoms with Crippen LogP contribution < -0.4 is 9.62 Å². The van der Waals surface area contributed by atoms with Crippen LogP contribution in [0.15, 0.2) is 18.2 Å². The van der Waals surface area contributed by atoms with Gasteiger partial charge in [0, 0.05) is 17.5 Å². The summed E-state index contributed by atoms with van der Waals surface area (Å²) < 4.78 is 26.4. The van der Waals surface area contributed by atoms with Crippen molar-refractivity contribution in [1.29, 1.82) is 0 Å². The summed E-state index contributed by atoms with van der Waals surface area (Å²) in [6.45, 7) is 6.21. The van der Waals surface area contributed by atoms with Crippen molar-refractivity contribution in [3.8, 4) is 0 Å². The maximum absolute atomic E-state index is 12.8. The third-order valence-electron chi connectivity index (χ3n) is 4.99. The molecule has 1 amide bonds. The molecule has 1 aliphatic rings. The quantitative estimate of drug-likeness (QED) is 0.629. The number of benzene rings is 1. The molecule has 1 fully saturated rings. The first-order valence-corrected chi connectivity index (χ1v) is 12.6. The molecule has 1 aromatic carbocycles. The Balaban J connectivity index is 2.09. The molecule has 0 radical (unpaired) electrons. The molecule has 0 bridgehead atoms. The van der Waals surface area contributed by atoms with Crippen molar-refractivity contribution < 1.29 is 13.2 Å². The number of amides is 1. The summed E-state index contributed by atoms with van der Waals surface area (Å²) in [4.78, 5) is 12.8. The average molecular weight is 413 g/mol. The maximum Gasteiger partial charge on any atom is 0.243 e. The SMILES string of the molecule is CC[C@H](C(=O)NCCSC1CCCC1)N(c1cc(C)ccc1C)S(C)(=O)=O. The van der Waals surface area contributed by atoms with Crippen molar-refractivity contribution in [1.82, 2.24) is 5.32 Å². The topological polar surface area (TPSA) is 66.5 Å². The number of nitrogens with zero attached hydrogens (tertiary/aromatic N) is 1. The van der Waals surface area contributed by atoms with Crippen LogP contribution in [0.3, 0.4) is 0 Å². The van der Waals surface area contributed by atoms with E-state index in [1.54, 1.807) is 0 Å². The molecule has 27 heavy (non-hydrogen) atoms. The third kappa shape index (κ3) is 6.14. The summed E-state index contributed by atoms with van der Waals surface area (Å²) in [6, 6.07) is 4.94. The molecule has 152 valence electrons. The average Bonchev–Trinajstić information content (AvgIpc) is 3.11. The van der Waals surface area contributed by atoms with Gasteiger partial charge in [0.25, 0.3) is 0 Å². The minimum absolute atomic E-state index is 0.226. The van der Waals surface area contributed by atoms with Crippen LogP contribution in [0.2, 0.25) is 0 Å². The lowest BCUT2D eigenvalue weighted by atomic mass is 10.1. The van der Waals surface area contributed by atoms with Crippen molar-refractivity contribution in [2.45, 2.75) is 64.2 Å². The van der Waals surface area contributed by atoms with Gasteiger partial charge in [-0.2, -0.15) is 11.8 Å². The van der Waals surface area contributed by atoms with Crippen molar-refractivity contribution in [2.75, 3.05) is 22.9 Å². The molecule has 5 nitrogen and oxygen atoms in total. The zero-order chi connectivity index (χ0) is 20.0. The molecule has 0 spiro atoms. The zero-order valence-electron chi connectivity index (χ0n) is 16.8. The summed E-state index contributed by atoms with van der Waals surface area (Å²) in [6.07, 6.45) is 6.74. The minimum Gasteiger partial charge on any atom is -0.353 e. The summed E-state index contributed by atoms with van der Waals surface area (Å²) in [5.74, 6) is 0.644. The summed E-state index contributed by atoms with van der Waals surface area (Å²) in [7, 11) is -3.59. The van der Waals surface area contributed by atoms with E-state index in [4.69, 9.17) is 0 Å². The summed E-state index contributed by atoms with van der Waals surface area (Å²) in [5.41, 5.74) is 2.39. The van der Waals surface area contributed by atoms with Gasteiger partial charge in [-0.15, -0.1) is 0 Å². The molecule has 1 saturated carbocycles. The Kier molecular flexibility index (Phi) is 8.04. The van der Waals surface area contributed by atoms with Gasteiger partial charge < -0.3 is 5.32 Å².